The largest absolute Gasteiger partial charge is 0.360 e. The molecular weight excluding hydrogens is 380 g/mol. The lowest BCUT2D eigenvalue weighted by Gasteiger charge is -2.07. The van der Waals surface area contributed by atoms with Crippen molar-refractivity contribution in [2.45, 2.75) is 6.92 Å². The summed E-state index contributed by atoms with van der Waals surface area (Å²) < 4.78 is 6.01. The number of carbonyl (C=O) groups is 1. The van der Waals surface area contributed by atoms with E-state index < -0.39 is 0 Å². The van der Waals surface area contributed by atoms with Crippen molar-refractivity contribution < 1.29 is 9.32 Å². The Labute approximate surface area is 146 Å². The van der Waals surface area contributed by atoms with Gasteiger partial charge in [-0.1, -0.05) is 41.0 Å². The minimum Gasteiger partial charge on any atom is -0.360 e. The maximum absolute atomic E-state index is 12.7. The second-order valence-electron chi connectivity index (χ2n) is 4.91. The molecule has 2 aromatic carbocycles. The fourth-order valence-corrected chi connectivity index (χ4v) is 2.79. The summed E-state index contributed by atoms with van der Waals surface area (Å²) >= 11 is 9.43. The van der Waals surface area contributed by atoms with Crippen molar-refractivity contribution in [3.8, 4) is 11.3 Å². The molecule has 0 saturated carbocycles. The van der Waals surface area contributed by atoms with Crippen LogP contribution in [0.1, 0.15) is 16.1 Å². The number of benzene rings is 2. The van der Waals surface area contributed by atoms with Gasteiger partial charge in [-0.05, 0) is 47.1 Å². The number of rotatable bonds is 3. The molecule has 0 saturated heterocycles. The number of nitrogens with one attached hydrogen (secondary N) is 1. The first-order chi connectivity index (χ1) is 11.1. The van der Waals surface area contributed by atoms with Gasteiger partial charge in [-0.15, -0.1) is 0 Å². The maximum atomic E-state index is 12.7. The summed E-state index contributed by atoms with van der Waals surface area (Å²) in [4.78, 5) is 12.7. The normalized spacial score (nSPS) is 10.6. The number of carbonyl (C=O) groups excluding carboxylic acids is 1. The van der Waals surface area contributed by atoms with Crippen molar-refractivity contribution in [2.24, 2.45) is 0 Å². The van der Waals surface area contributed by atoms with E-state index in [2.05, 4.69) is 26.4 Å². The Bertz CT molecular complexity index is 877. The standard InChI is InChI=1S/C17H12BrClN2O2/c1-10-15(17(22)20-14-8-3-2-7-13(14)18)16(21-23-10)11-5-4-6-12(19)9-11/h2-9H,1H3,(H,20,22). The predicted octanol–water partition coefficient (Wildman–Crippen LogP) is 5.32. The molecular formula is C17H12BrClN2O2. The second kappa shape index (κ2) is 6.56. The fourth-order valence-electron chi connectivity index (χ4n) is 2.22. The van der Waals surface area contributed by atoms with Crippen LogP contribution < -0.4 is 5.32 Å². The Morgan fingerprint density at radius 2 is 2.00 bits per heavy atom. The van der Waals surface area contributed by atoms with E-state index in [4.69, 9.17) is 16.1 Å². The highest BCUT2D eigenvalue weighted by atomic mass is 79.9. The molecule has 4 nitrogen and oxygen atoms in total. The lowest BCUT2D eigenvalue weighted by Crippen LogP contribution is -2.13. The van der Waals surface area contributed by atoms with Gasteiger partial charge in [0.15, 0.2) is 0 Å². The molecule has 0 aliphatic carbocycles. The Morgan fingerprint density at radius 3 is 2.74 bits per heavy atom. The molecule has 0 unspecified atom stereocenters. The van der Waals surface area contributed by atoms with Gasteiger partial charge in [0.1, 0.15) is 17.0 Å². The zero-order chi connectivity index (χ0) is 16.4. The summed E-state index contributed by atoms with van der Waals surface area (Å²) in [6.45, 7) is 1.70. The number of hydrogen-bond acceptors (Lipinski definition) is 3. The van der Waals surface area contributed by atoms with E-state index in [1.54, 1.807) is 25.1 Å². The molecule has 0 spiro atoms. The summed E-state index contributed by atoms with van der Waals surface area (Å²) in [6, 6.07) is 14.5. The van der Waals surface area contributed by atoms with Crippen LogP contribution in [-0.2, 0) is 0 Å². The number of anilines is 1. The number of aromatic nitrogens is 1. The lowest BCUT2D eigenvalue weighted by molar-refractivity contribution is 0.102. The maximum Gasteiger partial charge on any atom is 0.261 e. The molecule has 0 fully saturated rings. The average Bonchev–Trinajstić information content (AvgIpc) is 2.91. The van der Waals surface area contributed by atoms with Crippen molar-refractivity contribution in [3.05, 3.63) is 69.3 Å². The number of halogens is 2. The van der Waals surface area contributed by atoms with Crippen molar-refractivity contribution >= 4 is 39.1 Å². The van der Waals surface area contributed by atoms with Gasteiger partial charge < -0.3 is 9.84 Å². The van der Waals surface area contributed by atoms with E-state index >= 15 is 0 Å². The van der Waals surface area contributed by atoms with Crippen LogP contribution in [0.2, 0.25) is 5.02 Å². The van der Waals surface area contributed by atoms with E-state index in [1.165, 1.54) is 0 Å². The number of hydrogen-bond donors (Lipinski definition) is 1. The van der Waals surface area contributed by atoms with Crippen LogP contribution in [0, 0.1) is 6.92 Å². The van der Waals surface area contributed by atoms with E-state index in [0.29, 0.717) is 27.7 Å². The summed E-state index contributed by atoms with van der Waals surface area (Å²) in [5, 5.41) is 7.44. The van der Waals surface area contributed by atoms with Gasteiger partial charge in [-0.3, -0.25) is 4.79 Å². The highest BCUT2D eigenvalue weighted by Crippen LogP contribution is 2.29. The molecule has 0 bridgehead atoms. The average molecular weight is 392 g/mol. The van der Waals surface area contributed by atoms with Crippen LogP contribution >= 0.6 is 27.5 Å². The van der Waals surface area contributed by atoms with Crippen molar-refractivity contribution in [3.63, 3.8) is 0 Å². The molecule has 6 heteroatoms. The predicted molar refractivity (Wildman–Crippen MR) is 93.8 cm³/mol. The SMILES string of the molecule is Cc1onc(-c2cccc(Cl)c2)c1C(=O)Nc1ccccc1Br. The Morgan fingerprint density at radius 1 is 1.22 bits per heavy atom. The van der Waals surface area contributed by atoms with E-state index in [-0.39, 0.29) is 5.91 Å². The first-order valence-corrected chi connectivity index (χ1v) is 8.01. The third-order valence-electron chi connectivity index (χ3n) is 3.31. The van der Waals surface area contributed by atoms with Crippen LogP contribution in [-0.4, -0.2) is 11.1 Å². The molecule has 0 aliphatic rings. The minimum atomic E-state index is -0.286. The van der Waals surface area contributed by atoms with E-state index in [0.717, 1.165) is 10.0 Å². The van der Waals surface area contributed by atoms with Gasteiger partial charge in [0.25, 0.3) is 5.91 Å². The van der Waals surface area contributed by atoms with E-state index in [1.807, 2.05) is 30.3 Å². The van der Waals surface area contributed by atoms with E-state index in [9.17, 15) is 4.79 Å². The number of aryl methyl sites for hydroxylation is 1. The molecule has 1 N–H and O–H groups in total. The Kier molecular flexibility index (Phi) is 4.50. The topological polar surface area (TPSA) is 55.1 Å². The molecule has 3 rings (SSSR count). The zero-order valence-corrected chi connectivity index (χ0v) is 14.5. The molecule has 116 valence electrons. The highest BCUT2D eigenvalue weighted by molar-refractivity contribution is 9.10. The molecule has 0 radical (unpaired) electrons. The molecule has 0 aliphatic heterocycles. The zero-order valence-electron chi connectivity index (χ0n) is 12.1. The molecule has 0 atom stereocenters. The van der Waals surface area contributed by atoms with Crippen LogP contribution in [0.15, 0.2) is 57.5 Å². The summed E-state index contributed by atoms with van der Waals surface area (Å²) in [6.07, 6.45) is 0. The first-order valence-electron chi connectivity index (χ1n) is 6.84. The summed E-state index contributed by atoms with van der Waals surface area (Å²) in [5.74, 6) is 0.162. The minimum absolute atomic E-state index is 0.286. The summed E-state index contributed by atoms with van der Waals surface area (Å²) in [7, 11) is 0. The van der Waals surface area contributed by atoms with Crippen molar-refractivity contribution in [1.29, 1.82) is 0 Å². The van der Waals surface area contributed by atoms with Crippen LogP contribution in [0.4, 0.5) is 5.69 Å². The molecule has 1 amide bonds. The third kappa shape index (κ3) is 3.30. The lowest BCUT2D eigenvalue weighted by atomic mass is 10.1. The monoisotopic (exact) mass is 390 g/mol. The molecule has 23 heavy (non-hydrogen) atoms. The van der Waals surface area contributed by atoms with Crippen molar-refractivity contribution in [2.75, 3.05) is 5.32 Å². The highest BCUT2D eigenvalue weighted by Gasteiger charge is 2.22. The van der Waals surface area contributed by atoms with Gasteiger partial charge in [0.2, 0.25) is 0 Å². The van der Waals surface area contributed by atoms with Gasteiger partial charge in [-0.25, -0.2) is 0 Å². The van der Waals surface area contributed by atoms with Crippen LogP contribution in [0.3, 0.4) is 0 Å². The second-order valence-corrected chi connectivity index (χ2v) is 6.20. The number of amides is 1. The Balaban J connectivity index is 1.99. The van der Waals surface area contributed by atoms with Crippen LogP contribution in [0.25, 0.3) is 11.3 Å². The number of nitrogens with zero attached hydrogens (tertiary/aromatic N) is 1. The Hall–Kier alpha value is -2.11. The smallest absolute Gasteiger partial charge is 0.261 e. The van der Waals surface area contributed by atoms with Gasteiger partial charge in [0, 0.05) is 15.1 Å². The van der Waals surface area contributed by atoms with Crippen molar-refractivity contribution in [1.82, 2.24) is 5.16 Å². The summed E-state index contributed by atoms with van der Waals surface area (Å²) in [5.41, 5.74) is 2.26. The quantitative estimate of drug-likeness (QED) is 0.657. The van der Waals surface area contributed by atoms with Gasteiger partial charge in [-0.2, -0.15) is 0 Å². The third-order valence-corrected chi connectivity index (χ3v) is 4.24. The fraction of sp³-hybridized carbons (Fsp3) is 0.0588. The number of para-hydroxylation sites is 1. The van der Waals surface area contributed by atoms with Gasteiger partial charge >= 0.3 is 0 Å². The molecule has 1 aromatic heterocycles. The molecule has 3 aromatic rings. The van der Waals surface area contributed by atoms with Gasteiger partial charge in [0.05, 0.1) is 5.69 Å². The molecule has 1 heterocycles. The first kappa shape index (κ1) is 15.8. The van der Waals surface area contributed by atoms with Crippen LogP contribution in [0.5, 0.6) is 0 Å².